The lowest BCUT2D eigenvalue weighted by Crippen LogP contribution is -2.29. The van der Waals surface area contributed by atoms with E-state index in [0.717, 1.165) is 37.8 Å². The van der Waals surface area contributed by atoms with Gasteiger partial charge in [-0.05, 0) is 35.2 Å². The van der Waals surface area contributed by atoms with Crippen LogP contribution in [0, 0.1) is 6.92 Å². The largest absolute Gasteiger partial charge is 0.368 e. The first-order valence-corrected chi connectivity index (χ1v) is 10.4. The monoisotopic (exact) mass is 463 g/mol. The van der Waals surface area contributed by atoms with Crippen molar-refractivity contribution in [3.05, 3.63) is 70.2 Å². The number of benzene rings is 2. The van der Waals surface area contributed by atoms with E-state index in [-0.39, 0.29) is 5.91 Å². The molecule has 5 rings (SSSR count). The molecule has 4 aromatic rings. The number of carbonyl (C=O) groups excluding carboxylic acids is 1. The molecule has 0 aliphatic carbocycles. The minimum Gasteiger partial charge on any atom is -0.368 e. The molecule has 1 amide bonds. The maximum atomic E-state index is 12.6. The number of amides is 1. The normalized spacial score (nSPS) is 13.1. The molecular formula is C22H18BrN5O2. The highest BCUT2D eigenvalue weighted by atomic mass is 79.9. The number of aromatic nitrogens is 3. The summed E-state index contributed by atoms with van der Waals surface area (Å²) in [5.41, 5.74) is 2.70. The van der Waals surface area contributed by atoms with Gasteiger partial charge in [0.1, 0.15) is 5.82 Å². The first-order chi connectivity index (χ1) is 14.6. The maximum Gasteiger partial charge on any atom is 0.254 e. The average molecular weight is 464 g/mol. The van der Waals surface area contributed by atoms with Crippen LogP contribution in [-0.4, -0.2) is 39.0 Å². The molecule has 0 atom stereocenters. The molecule has 0 bridgehead atoms. The number of pyridine rings is 1. The second-order valence-corrected chi connectivity index (χ2v) is 8.10. The lowest BCUT2D eigenvalue weighted by molar-refractivity contribution is 0.0784. The van der Waals surface area contributed by atoms with Gasteiger partial charge in [0.2, 0.25) is 11.7 Å². The summed E-state index contributed by atoms with van der Waals surface area (Å²) in [5.74, 6) is 1.91. The van der Waals surface area contributed by atoms with Gasteiger partial charge in [0.25, 0.3) is 5.91 Å². The van der Waals surface area contributed by atoms with Gasteiger partial charge in [0, 0.05) is 53.7 Å². The third-order valence-electron chi connectivity index (χ3n) is 5.18. The van der Waals surface area contributed by atoms with Crippen LogP contribution in [0.5, 0.6) is 0 Å². The predicted octanol–water partition coefficient (Wildman–Crippen LogP) is 4.42. The van der Waals surface area contributed by atoms with Crippen LogP contribution < -0.4 is 5.32 Å². The molecule has 150 valence electrons. The van der Waals surface area contributed by atoms with E-state index in [2.05, 4.69) is 36.4 Å². The summed E-state index contributed by atoms with van der Waals surface area (Å²) in [6.07, 6.45) is 1.78. The molecular weight excluding hydrogens is 446 g/mol. The Labute approximate surface area is 181 Å². The minimum absolute atomic E-state index is 0.0636. The standard InChI is InChI=1S/C22H18BrN5O2/c1-13-26-20(27-30-13)15-3-2-14-6-7-24-21(18(14)10-15)25-8-9-28-12-16-4-5-17(23)11-19(16)22(28)29/h2-7,10-11H,8-9,12H2,1H3,(H,24,25). The summed E-state index contributed by atoms with van der Waals surface area (Å²) in [4.78, 5) is 23.3. The molecule has 0 saturated carbocycles. The average Bonchev–Trinajstić information content (AvgIpc) is 3.32. The summed E-state index contributed by atoms with van der Waals surface area (Å²) in [7, 11) is 0. The van der Waals surface area contributed by atoms with E-state index in [0.29, 0.717) is 31.3 Å². The van der Waals surface area contributed by atoms with E-state index in [9.17, 15) is 4.79 Å². The van der Waals surface area contributed by atoms with E-state index < -0.39 is 0 Å². The van der Waals surface area contributed by atoms with Crippen LogP contribution in [-0.2, 0) is 6.54 Å². The van der Waals surface area contributed by atoms with Gasteiger partial charge in [0.05, 0.1) is 0 Å². The van der Waals surface area contributed by atoms with E-state index >= 15 is 0 Å². The van der Waals surface area contributed by atoms with Crippen molar-refractivity contribution in [2.45, 2.75) is 13.5 Å². The molecule has 1 aliphatic heterocycles. The summed E-state index contributed by atoms with van der Waals surface area (Å²) >= 11 is 3.44. The molecule has 0 radical (unpaired) electrons. The van der Waals surface area contributed by atoms with Crippen molar-refractivity contribution in [1.82, 2.24) is 20.0 Å². The zero-order chi connectivity index (χ0) is 20.7. The van der Waals surface area contributed by atoms with Gasteiger partial charge in [-0.1, -0.05) is 39.3 Å². The highest BCUT2D eigenvalue weighted by molar-refractivity contribution is 9.10. The number of hydrogen-bond donors (Lipinski definition) is 1. The van der Waals surface area contributed by atoms with Crippen molar-refractivity contribution in [2.75, 3.05) is 18.4 Å². The van der Waals surface area contributed by atoms with Crippen molar-refractivity contribution >= 4 is 38.4 Å². The Morgan fingerprint density at radius 2 is 2.10 bits per heavy atom. The fourth-order valence-corrected chi connectivity index (χ4v) is 4.05. The fourth-order valence-electron chi connectivity index (χ4n) is 3.69. The number of hydrogen-bond acceptors (Lipinski definition) is 6. The van der Waals surface area contributed by atoms with Crippen LogP contribution in [0.1, 0.15) is 21.8 Å². The van der Waals surface area contributed by atoms with Gasteiger partial charge in [0.15, 0.2) is 0 Å². The van der Waals surface area contributed by atoms with Crippen LogP contribution in [0.15, 0.2) is 57.7 Å². The van der Waals surface area contributed by atoms with Crippen molar-refractivity contribution < 1.29 is 9.32 Å². The third-order valence-corrected chi connectivity index (χ3v) is 5.67. The number of aryl methyl sites for hydroxylation is 1. The molecule has 2 aromatic heterocycles. The highest BCUT2D eigenvalue weighted by Gasteiger charge is 2.26. The molecule has 7 nitrogen and oxygen atoms in total. The molecule has 8 heteroatoms. The van der Waals surface area contributed by atoms with Crippen LogP contribution in [0.2, 0.25) is 0 Å². The molecule has 1 aliphatic rings. The Morgan fingerprint density at radius 3 is 2.93 bits per heavy atom. The second kappa shape index (κ2) is 7.53. The maximum absolute atomic E-state index is 12.6. The Bertz CT molecular complexity index is 1270. The Hall–Kier alpha value is -3.26. The number of rotatable bonds is 5. The SMILES string of the molecule is Cc1nc(-c2ccc3ccnc(NCCN4Cc5ccc(Br)cc5C4=O)c3c2)no1. The summed E-state index contributed by atoms with van der Waals surface area (Å²) in [5, 5.41) is 9.41. The molecule has 1 N–H and O–H groups in total. The summed E-state index contributed by atoms with van der Waals surface area (Å²) in [6.45, 7) is 3.58. The fraction of sp³-hybridized carbons (Fsp3) is 0.182. The van der Waals surface area contributed by atoms with E-state index in [1.165, 1.54) is 0 Å². The van der Waals surface area contributed by atoms with Gasteiger partial charge in [-0.15, -0.1) is 0 Å². The van der Waals surface area contributed by atoms with Crippen molar-refractivity contribution in [1.29, 1.82) is 0 Å². The summed E-state index contributed by atoms with van der Waals surface area (Å²) in [6, 6.07) is 13.8. The highest BCUT2D eigenvalue weighted by Crippen LogP contribution is 2.28. The first-order valence-electron chi connectivity index (χ1n) is 9.59. The molecule has 3 heterocycles. The Morgan fingerprint density at radius 1 is 1.20 bits per heavy atom. The van der Waals surface area contributed by atoms with Gasteiger partial charge in [-0.2, -0.15) is 4.98 Å². The summed E-state index contributed by atoms with van der Waals surface area (Å²) < 4.78 is 6.01. The smallest absolute Gasteiger partial charge is 0.254 e. The predicted molar refractivity (Wildman–Crippen MR) is 117 cm³/mol. The Balaban J connectivity index is 1.33. The molecule has 30 heavy (non-hydrogen) atoms. The lowest BCUT2D eigenvalue weighted by atomic mass is 10.1. The molecule has 0 saturated heterocycles. The first kappa shape index (κ1) is 18.7. The zero-order valence-electron chi connectivity index (χ0n) is 16.2. The van der Waals surface area contributed by atoms with Gasteiger partial charge >= 0.3 is 0 Å². The lowest BCUT2D eigenvalue weighted by Gasteiger charge is -2.16. The van der Waals surface area contributed by atoms with Crippen molar-refractivity contribution in [3.8, 4) is 11.4 Å². The van der Waals surface area contributed by atoms with Gasteiger partial charge < -0.3 is 14.7 Å². The quantitative estimate of drug-likeness (QED) is 0.471. The number of carbonyl (C=O) groups is 1. The van der Waals surface area contributed by atoms with Gasteiger partial charge in [-0.3, -0.25) is 4.79 Å². The number of fused-ring (bicyclic) bond motifs is 2. The van der Waals surface area contributed by atoms with Crippen LogP contribution in [0.4, 0.5) is 5.82 Å². The topological polar surface area (TPSA) is 84.2 Å². The number of nitrogens with zero attached hydrogens (tertiary/aromatic N) is 4. The van der Waals surface area contributed by atoms with E-state index in [1.54, 1.807) is 13.1 Å². The van der Waals surface area contributed by atoms with Crippen LogP contribution >= 0.6 is 15.9 Å². The van der Waals surface area contributed by atoms with Gasteiger partial charge in [-0.25, -0.2) is 4.98 Å². The third kappa shape index (κ3) is 3.43. The zero-order valence-corrected chi connectivity index (χ0v) is 17.8. The van der Waals surface area contributed by atoms with E-state index in [1.807, 2.05) is 47.4 Å². The molecule has 2 aromatic carbocycles. The molecule has 0 spiro atoms. The van der Waals surface area contributed by atoms with Crippen molar-refractivity contribution in [3.63, 3.8) is 0 Å². The van der Waals surface area contributed by atoms with Crippen LogP contribution in [0.25, 0.3) is 22.2 Å². The van der Waals surface area contributed by atoms with Crippen LogP contribution in [0.3, 0.4) is 0 Å². The van der Waals surface area contributed by atoms with E-state index in [4.69, 9.17) is 4.52 Å². The number of halogens is 1. The Kier molecular flexibility index (Phi) is 4.71. The number of nitrogens with one attached hydrogen (secondary N) is 1. The second-order valence-electron chi connectivity index (χ2n) is 7.19. The van der Waals surface area contributed by atoms with Crippen molar-refractivity contribution in [2.24, 2.45) is 0 Å². The number of anilines is 1. The minimum atomic E-state index is 0.0636. The molecule has 0 unspecified atom stereocenters. The molecule has 0 fully saturated rings.